The largest absolute Gasteiger partial charge is 0.508 e. The van der Waals surface area contributed by atoms with Gasteiger partial charge in [0, 0.05) is 0 Å². The Labute approximate surface area is 91.3 Å². The highest BCUT2D eigenvalue weighted by Crippen LogP contribution is 2.41. The molecule has 0 saturated heterocycles. The first-order valence-corrected chi connectivity index (χ1v) is 4.67. The molecule has 1 atom stereocenters. The number of alkyl halides is 3. The quantitative estimate of drug-likeness (QED) is 0.784. The van der Waals surface area contributed by atoms with E-state index in [-0.39, 0.29) is 16.9 Å². The van der Waals surface area contributed by atoms with Gasteiger partial charge in [-0.2, -0.15) is 13.2 Å². The topological polar surface area (TPSA) is 40.5 Å². The molecule has 2 nitrogen and oxygen atoms in total. The number of aryl methyl sites for hydroxylation is 2. The third-order valence-electron chi connectivity index (χ3n) is 2.62. The molecule has 2 N–H and O–H groups in total. The number of halogens is 3. The fourth-order valence-corrected chi connectivity index (χ4v) is 1.48. The molecule has 0 aliphatic heterocycles. The molecule has 0 heterocycles. The predicted octanol–water partition coefficient (Wildman–Crippen LogP) is 2.78. The molecule has 5 heteroatoms. The molecule has 0 spiro atoms. The standard InChI is InChI=1S/C11H13F3O2/c1-6-5-9(15)7(2)4-8(6)10(3,16)11(12,13)14/h4-5,15-16H,1-3H3. The Morgan fingerprint density at radius 3 is 2.00 bits per heavy atom. The van der Waals surface area contributed by atoms with Crippen LogP contribution in [0.25, 0.3) is 0 Å². The number of hydrogen-bond acceptors (Lipinski definition) is 2. The van der Waals surface area contributed by atoms with Gasteiger partial charge < -0.3 is 10.2 Å². The zero-order chi connectivity index (χ0) is 12.7. The van der Waals surface area contributed by atoms with Crippen molar-refractivity contribution < 1.29 is 23.4 Å². The summed E-state index contributed by atoms with van der Waals surface area (Å²) in [5.41, 5.74) is -2.65. The average molecular weight is 234 g/mol. The summed E-state index contributed by atoms with van der Waals surface area (Å²) in [6.45, 7) is 3.59. The Morgan fingerprint density at radius 2 is 1.56 bits per heavy atom. The van der Waals surface area contributed by atoms with Crippen LogP contribution in [0.1, 0.15) is 23.6 Å². The average Bonchev–Trinajstić information content (AvgIpc) is 2.09. The van der Waals surface area contributed by atoms with Crippen molar-refractivity contribution in [2.45, 2.75) is 32.5 Å². The van der Waals surface area contributed by atoms with Crippen LogP contribution in [0.4, 0.5) is 13.2 Å². The second-order valence-corrected chi connectivity index (χ2v) is 4.02. The third-order valence-corrected chi connectivity index (χ3v) is 2.62. The van der Waals surface area contributed by atoms with Crippen LogP contribution >= 0.6 is 0 Å². The van der Waals surface area contributed by atoms with Crippen LogP contribution in [0.15, 0.2) is 12.1 Å². The number of phenolic OH excluding ortho intramolecular Hbond substituents is 1. The van der Waals surface area contributed by atoms with E-state index in [9.17, 15) is 23.4 Å². The maximum absolute atomic E-state index is 12.6. The Hall–Kier alpha value is -1.23. The summed E-state index contributed by atoms with van der Waals surface area (Å²) in [4.78, 5) is 0. The Balaban J connectivity index is 3.39. The minimum atomic E-state index is -4.75. The Kier molecular flexibility index (Phi) is 2.94. The van der Waals surface area contributed by atoms with Gasteiger partial charge in [0.05, 0.1) is 0 Å². The highest BCUT2D eigenvalue weighted by atomic mass is 19.4. The van der Waals surface area contributed by atoms with E-state index < -0.39 is 11.8 Å². The van der Waals surface area contributed by atoms with E-state index in [2.05, 4.69) is 0 Å². The first kappa shape index (κ1) is 12.8. The summed E-state index contributed by atoms with van der Waals surface area (Å²) >= 11 is 0. The normalized spacial score (nSPS) is 15.9. The molecule has 0 aliphatic carbocycles. The summed E-state index contributed by atoms with van der Waals surface area (Å²) in [7, 11) is 0. The predicted molar refractivity (Wildman–Crippen MR) is 53.2 cm³/mol. The summed E-state index contributed by atoms with van der Waals surface area (Å²) in [5.74, 6) is -0.0841. The van der Waals surface area contributed by atoms with Crippen LogP contribution in [0.3, 0.4) is 0 Å². The van der Waals surface area contributed by atoms with Crippen LogP contribution in [0, 0.1) is 13.8 Å². The maximum atomic E-state index is 12.6. The Bertz CT molecular complexity index is 408. The molecule has 16 heavy (non-hydrogen) atoms. The summed E-state index contributed by atoms with van der Waals surface area (Å²) in [6.07, 6.45) is -4.75. The third kappa shape index (κ3) is 2.00. The van der Waals surface area contributed by atoms with Crippen LogP contribution in [0.5, 0.6) is 5.75 Å². The molecule has 1 rings (SSSR count). The number of benzene rings is 1. The van der Waals surface area contributed by atoms with Crippen molar-refractivity contribution in [3.63, 3.8) is 0 Å². The van der Waals surface area contributed by atoms with Crippen LogP contribution in [-0.4, -0.2) is 16.4 Å². The van der Waals surface area contributed by atoms with E-state index in [0.29, 0.717) is 12.5 Å². The molecule has 0 saturated carbocycles. The lowest BCUT2D eigenvalue weighted by Crippen LogP contribution is -2.39. The molecule has 1 aromatic carbocycles. The molecule has 0 aliphatic rings. The maximum Gasteiger partial charge on any atom is 0.421 e. The number of hydrogen-bond donors (Lipinski definition) is 2. The summed E-state index contributed by atoms with van der Waals surface area (Å²) < 4.78 is 37.9. The SMILES string of the molecule is Cc1cc(C(C)(O)C(F)(F)F)c(C)cc1O. The minimum Gasteiger partial charge on any atom is -0.508 e. The lowest BCUT2D eigenvalue weighted by Gasteiger charge is -2.28. The lowest BCUT2D eigenvalue weighted by atomic mass is 9.90. The molecule has 0 bridgehead atoms. The van der Waals surface area contributed by atoms with Gasteiger partial charge in [0.1, 0.15) is 5.75 Å². The molecule has 0 radical (unpaired) electrons. The Morgan fingerprint density at radius 1 is 1.06 bits per heavy atom. The lowest BCUT2D eigenvalue weighted by molar-refractivity contribution is -0.259. The van der Waals surface area contributed by atoms with Crippen molar-refractivity contribution in [2.75, 3.05) is 0 Å². The van der Waals surface area contributed by atoms with Crippen molar-refractivity contribution in [3.05, 3.63) is 28.8 Å². The van der Waals surface area contributed by atoms with Gasteiger partial charge in [0.15, 0.2) is 5.60 Å². The van der Waals surface area contributed by atoms with E-state index >= 15 is 0 Å². The van der Waals surface area contributed by atoms with Gasteiger partial charge in [-0.25, -0.2) is 0 Å². The van der Waals surface area contributed by atoms with Crippen molar-refractivity contribution >= 4 is 0 Å². The molecule has 90 valence electrons. The van der Waals surface area contributed by atoms with E-state index in [1.54, 1.807) is 0 Å². The zero-order valence-electron chi connectivity index (χ0n) is 9.18. The number of rotatable bonds is 1. The molecule has 0 aromatic heterocycles. The van der Waals surface area contributed by atoms with Gasteiger partial charge >= 0.3 is 6.18 Å². The smallest absolute Gasteiger partial charge is 0.421 e. The van der Waals surface area contributed by atoms with E-state index in [4.69, 9.17) is 0 Å². The van der Waals surface area contributed by atoms with Crippen molar-refractivity contribution in [1.82, 2.24) is 0 Å². The van der Waals surface area contributed by atoms with Crippen molar-refractivity contribution in [1.29, 1.82) is 0 Å². The number of phenols is 1. The van der Waals surface area contributed by atoms with E-state index in [1.807, 2.05) is 0 Å². The monoisotopic (exact) mass is 234 g/mol. The second-order valence-electron chi connectivity index (χ2n) is 4.02. The van der Waals surface area contributed by atoms with Crippen molar-refractivity contribution in [2.24, 2.45) is 0 Å². The molecule has 0 amide bonds. The molecule has 1 aromatic rings. The summed E-state index contributed by atoms with van der Waals surface area (Å²) in [6, 6.07) is 2.36. The number of aromatic hydroxyl groups is 1. The fraction of sp³-hybridized carbons (Fsp3) is 0.455. The van der Waals surface area contributed by atoms with Gasteiger partial charge in [-0.15, -0.1) is 0 Å². The van der Waals surface area contributed by atoms with Gasteiger partial charge in [0.2, 0.25) is 0 Å². The first-order valence-electron chi connectivity index (χ1n) is 4.67. The van der Waals surface area contributed by atoms with E-state index in [0.717, 1.165) is 6.07 Å². The molecule has 1 unspecified atom stereocenters. The highest BCUT2D eigenvalue weighted by molar-refractivity contribution is 5.43. The zero-order valence-corrected chi connectivity index (χ0v) is 9.18. The van der Waals surface area contributed by atoms with E-state index in [1.165, 1.54) is 19.9 Å². The number of aliphatic hydroxyl groups is 1. The fourth-order valence-electron chi connectivity index (χ4n) is 1.48. The molecule has 0 fully saturated rings. The second kappa shape index (κ2) is 3.66. The first-order chi connectivity index (χ1) is 7.07. The van der Waals surface area contributed by atoms with Gasteiger partial charge in [-0.1, -0.05) is 0 Å². The highest BCUT2D eigenvalue weighted by Gasteiger charge is 2.51. The van der Waals surface area contributed by atoms with Gasteiger partial charge in [-0.05, 0) is 49.6 Å². The van der Waals surface area contributed by atoms with Crippen LogP contribution in [0.2, 0.25) is 0 Å². The van der Waals surface area contributed by atoms with Crippen molar-refractivity contribution in [3.8, 4) is 5.75 Å². The molecular weight excluding hydrogens is 221 g/mol. The van der Waals surface area contributed by atoms with Crippen LogP contribution in [-0.2, 0) is 5.60 Å². The molecular formula is C11H13F3O2. The van der Waals surface area contributed by atoms with Crippen LogP contribution < -0.4 is 0 Å². The van der Waals surface area contributed by atoms with Gasteiger partial charge in [0.25, 0.3) is 0 Å². The summed E-state index contributed by atoms with van der Waals surface area (Å²) in [5, 5.41) is 18.8. The minimum absolute atomic E-state index is 0.0841. The van der Waals surface area contributed by atoms with Gasteiger partial charge in [-0.3, -0.25) is 0 Å².